The lowest BCUT2D eigenvalue weighted by Crippen LogP contribution is -2.28. The van der Waals surface area contributed by atoms with Crippen LogP contribution < -0.4 is 11.1 Å². The maximum atomic E-state index is 13.6. The number of anilines is 1. The van der Waals surface area contributed by atoms with Crippen molar-refractivity contribution in [2.24, 2.45) is 0 Å². The van der Waals surface area contributed by atoms with Gasteiger partial charge in [-0.2, -0.15) is 0 Å². The van der Waals surface area contributed by atoms with E-state index in [-0.39, 0.29) is 29.0 Å². The first-order valence-electron chi connectivity index (χ1n) is 6.55. The second-order valence-electron chi connectivity index (χ2n) is 4.83. The molecule has 0 heterocycles. The van der Waals surface area contributed by atoms with Crippen molar-refractivity contribution in [1.82, 2.24) is 5.32 Å². The van der Waals surface area contributed by atoms with Gasteiger partial charge in [0, 0.05) is 16.3 Å². The molecule has 3 N–H and O–H groups in total. The summed E-state index contributed by atoms with van der Waals surface area (Å²) >= 11 is 5.91. The Morgan fingerprint density at radius 3 is 2.57 bits per heavy atom. The molecule has 0 aliphatic rings. The molecule has 0 fully saturated rings. The smallest absolute Gasteiger partial charge is 0.225 e. The molecule has 21 heavy (non-hydrogen) atoms. The molecule has 110 valence electrons. The van der Waals surface area contributed by atoms with Crippen LogP contribution in [0.15, 0.2) is 42.5 Å². The highest BCUT2D eigenvalue weighted by atomic mass is 35.5. The largest absolute Gasteiger partial charge is 0.399 e. The molecular weight excluding hydrogens is 291 g/mol. The topological polar surface area (TPSA) is 55.1 Å². The fourth-order valence-corrected chi connectivity index (χ4v) is 2.25. The number of nitrogen functional groups attached to an aromatic ring is 1. The van der Waals surface area contributed by atoms with Gasteiger partial charge in [-0.1, -0.05) is 29.8 Å². The molecule has 0 spiro atoms. The van der Waals surface area contributed by atoms with Gasteiger partial charge in [0.25, 0.3) is 0 Å². The third kappa shape index (κ3) is 3.95. The molecule has 1 amide bonds. The van der Waals surface area contributed by atoms with E-state index in [1.54, 1.807) is 18.2 Å². The average Bonchev–Trinajstić information content (AvgIpc) is 2.43. The van der Waals surface area contributed by atoms with Gasteiger partial charge in [0.05, 0.1) is 12.5 Å². The van der Waals surface area contributed by atoms with Crippen molar-refractivity contribution in [1.29, 1.82) is 0 Å². The number of hydrogen-bond acceptors (Lipinski definition) is 2. The van der Waals surface area contributed by atoms with Crippen LogP contribution in [-0.2, 0) is 11.2 Å². The van der Waals surface area contributed by atoms with E-state index in [9.17, 15) is 9.18 Å². The van der Waals surface area contributed by atoms with Gasteiger partial charge in [-0.3, -0.25) is 4.79 Å². The number of amides is 1. The van der Waals surface area contributed by atoms with Crippen LogP contribution in [0.3, 0.4) is 0 Å². The highest BCUT2D eigenvalue weighted by molar-refractivity contribution is 6.31. The molecule has 0 aliphatic carbocycles. The molecule has 0 saturated carbocycles. The van der Waals surface area contributed by atoms with Gasteiger partial charge in [-0.05, 0) is 36.8 Å². The second-order valence-corrected chi connectivity index (χ2v) is 5.24. The van der Waals surface area contributed by atoms with Crippen LogP contribution >= 0.6 is 11.6 Å². The van der Waals surface area contributed by atoms with Crippen LogP contribution in [0.25, 0.3) is 0 Å². The highest BCUT2D eigenvalue weighted by Gasteiger charge is 2.14. The molecule has 0 bridgehead atoms. The Morgan fingerprint density at radius 2 is 1.95 bits per heavy atom. The van der Waals surface area contributed by atoms with Crippen molar-refractivity contribution in [2.45, 2.75) is 19.4 Å². The molecule has 5 heteroatoms. The van der Waals surface area contributed by atoms with Crippen LogP contribution in [0.4, 0.5) is 10.1 Å². The van der Waals surface area contributed by atoms with Gasteiger partial charge in [0.2, 0.25) is 5.91 Å². The summed E-state index contributed by atoms with van der Waals surface area (Å²) < 4.78 is 13.6. The van der Waals surface area contributed by atoms with Crippen LogP contribution in [0.5, 0.6) is 0 Å². The molecular formula is C16H16ClFN2O. The first kappa shape index (κ1) is 15.3. The lowest BCUT2D eigenvalue weighted by atomic mass is 10.1. The Morgan fingerprint density at radius 1 is 1.29 bits per heavy atom. The Balaban J connectivity index is 2.03. The number of halogens is 2. The van der Waals surface area contributed by atoms with E-state index in [4.69, 9.17) is 17.3 Å². The zero-order valence-electron chi connectivity index (χ0n) is 11.6. The maximum Gasteiger partial charge on any atom is 0.225 e. The number of nitrogens with two attached hydrogens (primary N) is 1. The Bertz CT molecular complexity index is 623. The van der Waals surface area contributed by atoms with E-state index < -0.39 is 5.82 Å². The summed E-state index contributed by atoms with van der Waals surface area (Å²) in [6.45, 7) is 1.85. The minimum absolute atomic E-state index is 0.0924. The first-order valence-corrected chi connectivity index (χ1v) is 6.93. The van der Waals surface area contributed by atoms with Crippen LogP contribution in [0.1, 0.15) is 24.1 Å². The summed E-state index contributed by atoms with van der Waals surface area (Å²) in [4.78, 5) is 12.0. The quantitative estimate of drug-likeness (QED) is 0.850. The monoisotopic (exact) mass is 306 g/mol. The normalized spacial score (nSPS) is 12.0. The van der Waals surface area contributed by atoms with Crippen molar-refractivity contribution < 1.29 is 9.18 Å². The minimum Gasteiger partial charge on any atom is -0.399 e. The van der Waals surface area contributed by atoms with Crippen LogP contribution in [-0.4, -0.2) is 5.91 Å². The van der Waals surface area contributed by atoms with Crippen molar-refractivity contribution in [3.63, 3.8) is 0 Å². The average molecular weight is 307 g/mol. The van der Waals surface area contributed by atoms with Gasteiger partial charge in [0.15, 0.2) is 0 Å². The Labute approximate surface area is 127 Å². The van der Waals surface area contributed by atoms with Crippen molar-refractivity contribution in [2.75, 3.05) is 5.73 Å². The standard InChI is InChI=1S/C16H16ClFN2O/c1-10(11-5-7-12(19)8-6-11)20-16(21)9-13-14(17)3-2-4-15(13)18/h2-8,10H,9,19H2,1H3,(H,20,21). The van der Waals surface area contributed by atoms with Gasteiger partial charge in [0.1, 0.15) is 5.82 Å². The van der Waals surface area contributed by atoms with Gasteiger partial charge in [-0.25, -0.2) is 4.39 Å². The zero-order chi connectivity index (χ0) is 15.4. The summed E-state index contributed by atoms with van der Waals surface area (Å²) in [6.07, 6.45) is -0.0924. The molecule has 0 saturated heterocycles. The summed E-state index contributed by atoms with van der Waals surface area (Å²) in [6, 6.07) is 11.4. The number of carbonyl (C=O) groups is 1. The Hall–Kier alpha value is -2.07. The number of benzene rings is 2. The SMILES string of the molecule is CC(NC(=O)Cc1c(F)cccc1Cl)c1ccc(N)cc1. The molecule has 1 unspecified atom stereocenters. The molecule has 0 radical (unpaired) electrons. The van der Waals surface area contributed by atoms with Gasteiger partial charge in [-0.15, -0.1) is 0 Å². The van der Waals surface area contributed by atoms with E-state index in [1.165, 1.54) is 12.1 Å². The van der Waals surface area contributed by atoms with Gasteiger partial charge >= 0.3 is 0 Å². The fraction of sp³-hybridized carbons (Fsp3) is 0.188. The molecule has 0 aliphatic heterocycles. The predicted molar refractivity (Wildman–Crippen MR) is 82.5 cm³/mol. The second kappa shape index (κ2) is 6.59. The van der Waals surface area contributed by atoms with Crippen molar-refractivity contribution in [3.05, 3.63) is 64.4 Å². The molecule has 2 aromatic rings. The molecule has 1 atom stereocenters. The van der Waals surface area contributed by atoms with Crippen LogP contribution in [0.2, 0.25) is 5.02 Å². The summed E-state index contributed by atoms with van der Waals surface area (Å²) in [5.41, 5.74) is 7.42. The van der Waals surface area contributed by atoms with E-state index in [2.05, 4.69) is 5.32 Å². The zero-order valence-corrected chi connectivity index (χ0v) is 12.3. The predicted octanol–water partition coefficient (Wildman–Crippen LogP) is 3.48. The van der Waals surface area contributed by atoms with Crippen molar-refractivity contribution >= 4 is 23.2 Å². The summed E-state index contributed by atoms with van der Waals surface area (Å²) in [7, 11) is 0. The van der Waals surface area contributed by atoms with E-state index in [0.29, 0.717) is 5.69 Å². The molecule has 0 aromatic heterocycles. The van der Waals surface area contributed by atoms with E-state index in [1.807, 2.05) is 19.1 Å². The lowest BCUT2D eigenvalue weighted by Gasteiger charge is -2.15. The minimum atomic E-state index is -0.474. The first-order chi connectivity index (χ1) is 9.97. The number of carbonyl (C=O) groups excluding carboxylic acids is 1. The number of nitrogens with one attached hydrogen (secondary N) is 1. The number of hydrogen-bond donors (Lipinski definition) is 2. The van der Waals surface area contributed by atoms with Crippen molar-refractivity contribution in [3.8, 4) is 0 Å². The molecule has 2 rings (SSSR count). The third-order valence-electron chi connectivity index (χ3n) is 3.21. The third-order valence-corrected chi connectivity index (χ3v) is 3.57. The van der Waals surface area contributed by atoms with Gasteiger partial charge < -0.3 is 11.1 Å². The highest BCUT2D eigenvalue weighted by Crippen LogP contribution is 2.20. The number of rotatable bonds is 4. The maximum absolute atomic E-state index is 13.6. The summed E-state index contributed by atoms with van der Waals surface area (Å²) in [5.74, 6) is -0.760. The lowest BCUT2D eigenvalue weighted by molar-refractivity contribution is -0.121. The molecule has 2 aromatic carbocycles. The fourth-order valence-electron chi connectivity index (χ4n) is 2.02. The molecule has 3 nitrogen and oxygen atoms in total. The Kier molecular flexibility index (Phi) is 4.81. The summed E-state index contributed by atoms with van der Waals surface area (Å²) in [5, 5.41) is 3.07. The van der Waals surface area contributed by atoms with Crippen LogP contribution in [0, 0.1) is 5.82 Å². The van der Waals surface area contributed by atoms with E-state index >= 15 is 0 Å². The van der Waals surface area contributed by atoms with E-state index in [0.717, 1.165) is 5.56 Å².